The predicted octanol–water partition coefficient (Wildman–Crippen LogP) is 1.97. The highest BCUT2D eigenvalue weighted by Crippen LogP contribution is 2.59. The zero-order chi connectivity index (χ0) is 17.6. The van der Waals surface area contributed by atoms with E-state index in [0.29, 0.717) is 17.3 Å². The number of rotatable bonds is 4. The Balaban J connectivity index is 1.61. The summed E-state index contributed by atoms with van der Waals surface area (Å²) in [6.45, 7) is 1.42. The number of pyridine rings is 2. The van der Waals surface area contributed by atoms with Crippen molar-refractivity contribution in [2.45, 2.75) is 31.7 Å². The molecule has 2 aromatic rings. The Kier molecular flexibility index (Phi) is 3.45. The van der Waals surface area contributed by atoms with Crippen molar-refractivity contribution in [1.29, 1.82) is 0 Å². The zero-order valence-corrected chi connectivity index (χ0v) is 13.9. The van der Waals surface area contributed by atoms with Gasteiger partial charge in [0.05, 0.1) is 5.56 Å². The van der Waals surface area contributed by atoms with Gasteiger partial charge in [0.1, 0.15) is 11.6 Å². The fourth-order valence-corrected chi connectivity index (χ4v) is 3.46. The SMILES string of the molecule is CC(=O)Nc1cc(-c2cnc(N)c(C(=O)NC34CCC3C4)c2)ccn1. The Labute approximate surface area is 145 Å². The summed E-state index contributed by atoms with van der Waals surface area (Å²) in [5.41, 5.74) is 7.84. The Morgan fingerprint density at radius 1 is 1.28 bits per heavy atom. The summed E-state index contributed by atoms with van der Waals surface area (Å²) in [6.07, 6.45) is 6.51. The first-order valence-corrected chi connectivity index (χ1v) is 8.29. The lowest BCUT2D eigenvalue weighted by Gasteiger charge is -2.26. The Morgan fingerprint density at radius 2 is 2.12 bits per heavy atom. The molecule has 2 heterocycles. The Bertz CT molecular complexity index is 878. The lowest BCUT2D eigenvalue weighted by atomic mass is 9.92. The third-order valence-corrected chi connectivity index (χ3v) is 5.09. The molecule has 0 radical (unpaired) electrons. The first kappa shape index (κ1) is 15.6. The monoisotopic (exact) mass is 337 g/mol. The van der Waals surface area contributed by atoms with Crippen LogP contribution in [0, 0.1) is 5.92 Å². The number of anilines is 2. The minimum absolute atomic E-state index is 0.00870. The summed E-state index contributed by atoms with van der Waals surface area (Å²) in [4.78, 5) is 32.0. The number of fused-ring (bicyclic) bond motifs is 1. The van der Waals surface area contributed by atoms with Crippen LogP contribution in [0.25, 0.3) is 11.1 Å². The lowest BCUT2D eigenvalue weighted by Crippen LogP contribution is -2.43. The van der Waals surface area contributed by atoms with Crippen LogP contribution in [0.4, 0.5) is 11.6 Å². The minimum Gasteiger partial charge on any atom is -0.383 e. The maximum atomic E-state index is 12.6. The molecule has 25 heavy (non-hydrogen) atoms. The molecule has 0 saturated heterocycles. The van der Waals surface area contributed by atoms with Gasteiger partial charge in [-0.15, -0.1) is 0 Å². The van der Waals surface area contributed by atoms with E-state index in [2.05, 4.69) is 20.6 Å². The first-order chi connectivity index (χ1) is 12.0. The molecule has 0 bridgehead atoms. The number of hydrogen-bond acceptors (Lipinski definition) is 5. The average Bonchev–Trinajstić information content (AvgIpc) is 3.07. The van der Waals surface area contributed by atoms with Gasteiger partial charge in [0, 0.05) is 30.4 Å². The van der Waals surface area contributed by atoms with Crippen LogP contribution >= 0.6 is 0 Å². The van der Waals surface area contributed by atoms with Crippen LogP contribution in [0.3, 0.4) is 0 Å². The fourth-order valence-electron chi connectivity index (χ4n) is 3.46. The molecule has 128 valence electrons. The second kappa shape index (κ2) is 5.54. The average molecular weight is 337 g/mol. The summed E-state index contributed by atoms with van der Waals surface area (Å²) in [6, 6.07) is 5.26. The molecule has 2 fully saturated rings. The van der Waals surface area contributed by atoms with Gasteiger partial charge in [-0.2, -0.15) is 0 Å². The first-order valence-electron chi connectivity index (χ1n) is 8.29. The minimum atomic E-state index is -0.195. The fraction of sp³-hybridized carbons (Fsp3) is 0.333. The van der Waals surface area contributed by atoms with E-state index in [-0.39, 0.29) is 23.2 Å². The van der Waals surface area contributed by atoms with Crippen molar-refractivity contribution in [2.75, 3.05) is 11.1 Å². The highest BCUT2D eigenvalue weighted by atomic mass is 16.2. The molecule has 4 N–H and O–H groups in total. The molecule has 2 unspecified atom stereocenters. The molecule has 2 saturated carbocycles. The van der Waals surface area contributed by atoms with E-state index in [4.69, 9.17) is 5.73 Å². The third-order valence-electron chi connectivity index (χ3n) is 5.09. The molecule has 2 amide bonds. The highest BCUT2D eigenvalue weighted by Gasteiger charge is 2.62. The predicted molar refractivity (Wildman–Crippen MR) is 93.7 cm³/mol. The maximum absolute atomic E-state index is 12.6. The molecule has 7 nitrogen and oxygen atoms in total. The Morgan fingerprint density at radius 3 is 2.76 bits per heavy atom. The second-order valence-electron chi connectivity index (χ2n) is 6.82. The summed E-state index contributed by atoms with van der Waals surface area (Å²) in [5.74, 6) is 0.922. The van der Waals surface area contributed by atoms with Crippen molar-refractivity contribution in [1.82, 2.24) is 15.3 Å². The van der Waals surface area contributed by atoms with E-state index in [1.165, 1.54) is 13.3 Å². The van der Waals surface area contributed by atoms with Crippen molar-refractivity contribution in [3.05, 3.63) is 36.2 Å². The second-order valence-corrected chi connectivity index (χ2v) is 6.82. The van der Waals surface area contributed by atoms with Gasteiger partial charge in [-0.3, -0.25) is 9.59 Å². The summed E-state index contributed by atoms with van der Waals surface area (Å²) in [5, 5.41) is 5.75. The van der Waals surface area contributed by atoms with E-state index in [1.54, 1.807) is 30.6 Å². The molecule has 2 aliphatic carbocycles. The summed E-state index contributed by atoms with van der Waals surface area (Å²) >= 11 is 0. The molecular formula is C18H19N5O2. The van der Waals surface area contributed by atoms with Gasteiger partial charge in [0.15, 0.2) is 0 Å². The van der Waals surface area contributed by atoms with Crippen molar-refractivity contribution in [2.24, 2.45) is 5.92 Å². The lowest BCUT2D eigenvalue weighted by molar-refractivity contribution is -0.114. The molecule has 7 heteroatoms. The van der Waals surface area contributed by atoms with E-state index >= 15 is 0 Å². The van der Waals surface area contributed by atoms with Gasteiger partial charge in [-0.05, 0) is 48.9 Å². The molecule has 0 spiro atoms. The number of nitrogens with two attached hydrogens (primary N) is 1. The normalized spacial score (nSPS) is 23.2. The van der Waals surface area contributed by atoms with Gasteiger partial charge in [0.2, 0.25) is 5.91 Å². The van der Waals surface area contributed by atoms with Crippen molar-refractivity contribution in [3.63, 3.8) is 0 Å². The molecule has 4 rings (SSSR count). The van der Waals surface area contributed by atoms with Crippen molar-refractivity contribution >= 4 is 23.5 Å². The van der Waals surface area contributed by atoms with Crippen LogP contribution in [0.2, 0.25) is 0 Å². The van der Waals surface area contributed by atoms with Gasteiger partial charge < -0.3 is 16.4 Å². The number of nitrogens with one attached hydrogen (secondary N) is 2. The van der Waals surface area contributed by atoms with Crippen LogP contribution < -0.4 is 16.4 Å². The van der Waals surface area contributed by atoms with Crippen LogP contribution in [0.15, 0.2) is 30.6 Å². The maximum Gasteiger partial charge on any atom is 0.255 e. The molecular weight excluding hydrogens is 318 g/mol. The van der Waals surface area contributed by atoms with E-state index in [9.17, 15) is 9.59 Å². The smallest absolute Gasteiger partial charge is 0.255 e. The number of hydrogen-bond donors (Lipinski definition) is 3. The van der Waals surface area contributed by atoms with Crippen molar-refractivity contribution in [3.8, 4) is 11.1 Å². The van der Waals surface area contributed by atoms with E-state index in [1.807, 2.05) is 0 Å². The molecule has 0 aromatic carbocycles. The summed E-state index contributed by atoms with van der Waals surface area (Å²) in [7, 11) is 0. The summed E-state index contributed by atoms with van der Waals surface area (Å²) < 4.78 is 0. The van der Waals surface area contributed by atoms with Crippen LogP contribution in [-0.4, -0.2) is 27.3 Å². The zero-order valence-electron chi connectivity index (χ0n) is 13.9. The molecule has 2 aliphatic rings. The molecule has 0 aliphatic heterocycles. The van der Waals surface area contributed by atoms with Gasteiger partial charge in [-0.25, -0.2) is 9.97 Å². The molecule has 2 atom stereocenters. The van der Waals surface area contributed by atoms with Crippen LogP contribution in [-0.2, 0) is 4.79 Å². The van der Waals surface area contributed by atoms with Crippen LogP contribution in [0.1, 0.15) is 36.5 Å². The van der Waals surface area contributed by atoms with Gasteiger partial charge in [-0.1, -0.05) is 0 Å². The van der Waals surface area contributed by atoms with Gasteiger partial charge in [0.25, 0.3) is 5.91 Å². The number of aromatic nitrogens is 2. The number of carbonyl (C=O) groups is 2. The van der Waals surface area contributed by atoms with Crippen molar-refractivity contribution < 1.29 is 9.59 Å². The Hall–Kier alpha value is -2.96. The molecule has 2 aromatic heterocycles. The number of nitrogens with zero attached hydrogens (tertiary/aromatic N) is 2. The third kappa shape index (κ3) is 2.82. The van der Waals surface area contributed by atoms with E-state index in [0.717, 1.165) is 24.0 Å². The number of carbonyl (C=O) groups excluding carboxylic acids is 2. The van der Waals surface area contributed by atoms with Gasteiger partial charge >= 0.3 is 0 Å². The number of amides is 2. The largest absolute Gasteiger partial charge is 0.383 e. The number of nitrogen functional groups attached to an aromatic ring is 1. The van der Waals surface area contributed by atoms with E-state index < -0.39 is 0 Å². The highest BCUT2D eigenvalue weighted by molar-refractivity contribution is 6.00. The van der Waals surface area contributed by atoms with Crippen LogP contribution in [0.5, 0.6) is 0 Å². The topological polar surface area (TPSA) is 110 Å². The quantitative estimate of drug-likeness (QED) is 0.790. The standard InChI is InChI=1S/C18H19N5O2/c1-10(24)22-15-7-11(3-5-20-15)12-6-14(16(19)21-9-12)17(25)23-18-4-2-13(18)8-18/h3,5-7,9,13H,2,4,8H2,1H3,(H2,19,21)(H,23,25)(H,20,22,24).